The third-order valence-electron chi connectivity index (χ3n) is 5.15. The lowest BCUT2D eigenvalue weighted by Gasteiger charge is -2.20. The molecule has 8 heteroatoms. The first kappa shape index (κ1) is 18.2. The van der Waals surface area contributed by atoms with Crippen molar-refractivity contribution in [3.63, 3.8) is 0 Å². The van der Waals surface area contributed by atoms with Crippen molar-refractivity contribution in [2.24, 2.45) is 0 Å². The minimum absolute atomic E-state index is 0.0410. The molecule has 4 rings (SSSR count). The fourth-order valence-corrected chi connectivity index (χ4v) is 3.40. The lowest BCUT2D eigenvalue weighted by atomic mass is 10.00. The van der Waals surface area contributed by atoms with Crippen LogP contribution in [0.4, 0.5) is 0 Å². The van der Waals surface area contributed by atoms with E-state index in [2.05, 4.69) is 26.4 Å². The molecular formula is C20H23N5O3. The number of ether oxygens (including phenoxy) is 1. The molecule has 3 heterocycles. The van der Waals surface area contributed by atoms with Crippen molar-refractivity contribution in [1.82, 2.24) is 24.9 Å². The number of aromatic amines is 1. The number of H-pyrrole nitrogens is 1. The van der Waals surface area contributed by atoms with Gasteiger partial charge in [0.1, 0.15) is 11.6 Å². The number of nitrogens with zero attached hydrogens (tertiary/aromatic N) is 3. The molecule has 2 aromatic heterocycles. The number of carbonyl (C=O) groups excluding carboxylic acids is 1. The van der Waals surface area contributed by atoms with Gasteiger partial charge in [-0.1, -0.05) is 12.1 Å². The van der Waals surface area contributed by atoms with Crippen LogP contribution in [-0.2, 0) is 17.6 Å². The van der Waals surface area contributed by atoms with Gasteiger partial charge in [-0.2, -0.15) is 9.50 Å². The predicted octanol–water partition coefficient (Wildman–Crippen LogP) is 1.78. The Balaban J connectivity index is 1.47. The summed E-state index contributed by atoms with van der Waals surface area (Å²) in [6, 6.07) is 5.89. The van der Waals surface area contributed by atoms with Crippen LogP contribution in [0.25, 0.3) is 5.78 Å². The second kappa shape index (κ2) is 7.10. The van der Waals surface area contributed by atoms with Crippen molar-refractivity contribution >= 4 is 11.7 Å². The SMILES string of the molecule is Cc1nc2nc(CC(=O)N[C@H](C)c3ccc4c(c3)CCCO4)[nH]n2c(=O)c1C. The van der Waals surface area contributed by atoms with Crippen LogP contribution in [0.15, 0.2) is 23.0 Å². The summed E-state index contributed by atoms with van der Waals surface area (Å²) in [4.78, 5) is 33.3. The molecule has 28 heavy (non-hydrogen) atoms. The smallest absolute Gasteiger partial charge is 0.277 e. The van der Waals surface area contributed by atoms with E-state index in [1.165, 1.54) is 10.1 Å². The molecule has 0 bridgehead atoms. The van der Waals surface area contributed by atoms with Gasteiger partial charge in [0.2, 0.25) is 5.91 Å². The zero-order chi connectivity index (χ0) is 19.8. The highest BCUT2D eigenvalue weighted by Crippen LogP contribution is 2.27. The lowest BCUT2D eigenvalue weighted by molar-refractivity contribution is -0.121. The van der Waals surface area contributed by atoms with Gasteiger partial charge >= 0.3 is 0 Å². The highest BCUT2D eigenvalue weighted by Gasteiger charge is 2.17. The van der Waals surface area contributed by atoms with E-state index in [1.807, 2.05) is 19.1 Å². The molecule has 1 aromatic carbocycles. The Labute approximate surface area is 161 Å². The van der Waals surface area contributed by atoms with Gasteiger partial charge in [-0.25, -0.2) is 4.98 Å². The van der Waals surface area contributed by atoms with Crippen LogP contribution >= 0.6 is 0 Å². The normalized spacial score (nSPS) is 14.4. The summed E-state index contributed by atoms with van der Waals surface area (Å²) in [7, 11) is 0. The van der Waals surface area contributed by atoms with Gasteiger partial charge < -0.3 is 10.1 Å². The number of nitrogens with one attached hydrogen (secondary N) is 2. The average Bonchev–Trinajstić information content (AvgIpc) is 3.07. The summed E-state index contributed by atoms with van der Waals surface area (Å²) in [5, 5.41) is 5.86. The molecule has 0 radical (unpaired) electrons. The largest absolute Gasteiger partial charge is 0.493 e. The highest BCUT2D eigenvalue weighted by molar-refractivity contribution is 5.78. The molecule has 0 saturated carbocycles. The number of rotatable bonds is 4. The quantitative estimate of drug-likeness (QED) is 0.717. The van der Waals surface area contributed by atoms with Crippen molar-refractivity contribution in [3.8, 4) is 5.75 Å². The van der Waals surface area contributed by atoms with E-state index in [-0.39, 0.29) is 29.7 Å². The van der Waals surface area contributed by atoms with Crippen LogP contribution < -0.4 is 15.6 Å². The van der Waals surface area contributed by atoms with Crippen LogP contribution in [0, 0.1) is 13.8 Å². The molecular weight excluding hydrogens is 358 g/mol. The second-order valence-corrected chi connectivity index (χ2v) is 7.22. The monoisotopic (exact) mass is 381 g/mol. The Morgan fingerprint density at radius 1 is 1.36 bits per heavy atom. The van der Waals surface area contributed by atoms with Crippen LogP contribution in [-0.4, -0.2) is 32.1 Å². The number of aryl methyl sites for hydroxylation is 2. The molecule has 0 aliphatic carbocycles. The third kappa shape index (κ3) is 3.37. The summed E-state index contributed by atoms with van der Waals surface area (Å²) in [5.74, 6) is 1.43. The van der Waals surface area contributed by atoms with Crippen molar-refractivity contribution < 1.29 is 9.53 Å². The summed E-state index contributed by atoms with van der Waals surface area (Å²) >= 11 is 0. The second-order valence-electron chi connectivity index (χ2n) is 7.22. The fraction of sp³-hybridized carbons (Fsp3) is 0.400. The number of hydrogen-bond acceptors (Lipinski definition) is 5. The molecule has 1 amide bonds. The van der Waals surface area contributed by atoms with E-state index in [0.717, 1.165) is 30.8 Å². The van der Waals surface area contributed by atoms with E-state index < -0.39 is 0 Å². The first-order chi connectivity index (χ1) is 13.4. The van der Waals surface area contributed by atoms with Gasteiger partial charge in [0, 0.05) is 11.3 Å². The maximum atomic E-state index is 12.5. The molecule has 3 aromatic rings. The predicted molar refractivity (Wildman–Crippen MR) is 104 cm³/mol. The highest BCUT2D eigenvalue weighted by atomic mass is 16.5. The van der Waals surface area contributed by atoms with Crippen molar-refractivity contribution in [3.05, 3.63) is 56.8 Å². The first-order valence-corrected chi connectivity index (χ1v) is 9.42. The van der Waals surface area contributed by atoms with Crippen LogP contribution in [0.2, 0.25) is 0 Å². The van der Waals surface area contributed by atoms with E-state index in [1.54, 1.807) is 13.8 Å². The average molecular weight is 381 g/mol. The van der Waals surface area contributed by atoms with E-state index in [0.29, 0.717) is 17.1 Å². The van der Waals surface area contributed by atoms with Crippen LogP contribution in [0.5, 0.6) is 5.75 Å². The van der Waals surface area contributed by atoms with Gasteiger partial charge in [0.25, 0.3) is 11.3 Å². The molecule has 2 N–H and O–H groups in total. The van der Waals surface area contributed by atoms with Crippen LogP contribution in [0.3, 0.4) is 0 Å². The van der Waals surface area contributed by atoms with E-state index in [4.69, 9.17) is 4.74 Å². The molecule has 1 aliphatic rings. The molecule has 1 aliphatic heterocycles. The summed E-state index contributed by atoms with van der Waals surface area (Å²) in [6.45, 7) is 6.19. The van der Waals surface area contributed by atoms with E-state index >= 15 is 0 Å². The topological polar surface area (TPSA) is 101 Å². The Kier molecular flexibility index (Phi) is 4.62. The minimum atomic E-state index is -0.202. The van der Waals surface area contributed by atoms with Gasteiger partial charge in [-0.3, -0.25) is 14.7 Å². The number of fused-ring (bicyclic) bond motifs is 2. The summed E-state index contributed by atoms with van der Waals surface area (Å²) in [5.41, 5.74) is 3.20. The van der Waals surface area contributed by atoms with Crippen molar-refractivity contribution in [1.29, 1.82) is 0 Å². The van der Waals surface area contributed by atoms with Gasteiger partial charge in [0.05, 0.1) is 19.1 Å². The third-order valence-corrected chi connectivity index (χ3v) is 5.15. The van der Waals surface area contributed by atoms with Crippen molar-refractivity contribution in [2.45, 2.75) is 46.1 Å². The Morgan fingerprint density at radius 3 is 3.00 bits per heavy atom. The van der Waals surface area contributed by atoms with Crippen molar-refractivity contribution in [2.75, 3.05) is 6.61 Å². The maximum Gasteiger partial charge on any atom is 0.277 e. The lowest BCUT2D eigenvalue weighted by Crippen LogP contribution is -2.28. The molecule has 0 saturated heterocycles. The molecule has 8 nitrogen and oxygen atoms in total. The molecule has 146 valence electrons. The standard InChI is InChI=1S/C20H23N5O3/c1-11-12(2)22-20-23-17(24-25(20)19(11)27)10-18(26)21-13(3)14-6-7-16-15(9-14)5-4-8-28-16/h6-7,9,13H,4-5,8,10H2,1-3H3,(H,21,26)(H,22,23,24)/t13-/m1/s1. The fourth-order valence-electron chi connectivity index (χ4n) is 3.40. The van der Waals surface area contributed by atoms with Gasteiger partial charge in [-0.05, 0) is 50.8 Å². The summed E-state index contributed by atoms with van der Waals surface area (Å²) < 4.78 is 6.92. The summed E-state index contributed by atoms with van der Waals surface area (Å²) in [6.07, 6.45) is 2.04. The number of aromatic nitrogens is 4. The number of carbonyl (C=O) groups is 1. The Hall–Kier alpha value is -3.16. The Morgan fingerprint density at radius 2 is 2.18 bits per heavy atom. The number of benzene rings is 1. The van der Waals surface area contributed by atoms with Crippen LogP contribution in [0.1, 0.15) is 47.6 Å². The van der Waals surface area contributed by atoms with Gasteiger partial charge in [-0.15, -0.1) is 0 Å². The molecule has 0 spiro atoms. The first-order valence-electron chi connectivity index (χ1n) is 9.42. The molecule has 0 fully saturated rings. The zero-order valence-corrected chi connectivity index (χ0v) is 16.2. The number of hydrogen-bond donors (Lipinski definition) is 2. The minimum Gasteiger partial charge on any atom is -0.493 e. The molecule has 1 atom stereocenters. The maximum absolute atomic E-state index is 12.5. The zero-order valence-electron chi connectivity index (χ0n) is 16.2. The number of amides is 1. The van der Waals surface area contributed by atoms with Gasteiger partial charge in [0.15, 0.2) is 0 Å². The Bertz CT molecular complexity index is 1110. The van der Waals surface area contributed by atoms with E-state index in [9.17, 15) is 9.59 Å². The molecule has 0 unspecified atom stereocenters.